The number of rotatable bonds is 9. The van der Waals surface area contributed by atoms with Crippen molar-refractivity contribution in [3.8, 4) is 11.3 Å². The molecule has 1 aliphatic heterocycles. The molecule has 0 amide bonds. The van der Waals surface area contributed by atoms with Crippen molar-refractivity contribution in [2.45, 2.75) is 32.2 Å². The lowest BCUT2D eigenvalue weighted by Gasteiger charge is -2.31. The Hall–Kier alpha value is -3.29. The zero-order valence-corrected chi connectivity index (χ0v) is 19.8. The first-order valence-corrected chi connectivity index (χ1v) is 12.6. The number of Topliss-reactive ketones (excluding diaryl/α,β-unsaturated/α-hetero) is 1. The predicted octanol–water partition coefficient (Wildman–Crippen LogP) is 6.42. The highest BCUT2D eigenvalue weighted by atomic mass is 32.1. The Morgan fingerprint density at radius 1 is 1.06 bits per heavy atom. The third-order valence-corrected chi connectivity index (χ3v) is 7.07. The van der Waals surface area contributed by atoms with Gasteiger partial charge in [-0.25, -0.2) is 4.98 Å². The Morgan fingerprint density at radius 2 is 1.79 bits per heavy atom. The fraction of sp³-hybridized carbons (Fsp3) is 0.296. The molecule has 5 rings (SSSR count). The van der Waals surface area contributed by atoms with Gasteiger partial charge in [0.05, 0.1) is 6.54 Å². The molecule has 2 aromatic heterocycles. The molecule has 2 aromatic carbocycles. The zero-order chi connectivity index (χ0) is 23.2. The Bertz CT molecular complexity index is 1200. The molecule has 174 valence electrons. The van der Waals surface area contributed by atoms with Crippen molar-refractivity contribution in [3.63, 3.8) is 0 Å². The minimum atomic E-state index is 0.134. The molecule has 0 bridgehead atoms. The molecule has 0 aliphatic carbocycles. The Kier molecular flexibility index (Phi) is 7.12. The van der Waals surface area contributed by atoms with E-state index in [1.807, 2.05) is 72.1 Å². The monoisotopic (exact) mass is 472 g/mol. The molecule has 4 aromatic rings. The number of hydrogen-bond donors (Lipinski definition) is 1. The number of ketones is 1. The summed E-state index contributed by atoms with van der Waals surface area (Å²) in [7, 11) is 0. The first kappa shape index (κ1) is 22.5. The van der Waals surface area contributed by atoms with Gasteiger partial charge in [0.1, 0.15) is 11.4 Å². The van der Waals surface area contributed by atoms with Gasteiger partial charge in [-0.15, -0.1) is 11.3 Å². The van der Waals surface area contributed by atoms with E-state index in [2.05, 4.69) is 20.4 Å². The SMILES string of the molecule is O=C(CCC1CCN(Cc2cc(-c3ccccc3)no2)CC1)c1csc(Nc2ccccc2)n1. The maximum absolute atomic E-state index is 12.7. The van der Waals surface area contributed by atoms with Gasteiger partial charge in [-0.05, 0) is 50.4 Å². The topological polar surface area (TPSA) is 71.3 Å². The van der Waals surface area contributed by atoms with Gasteiger partial charge in [-0.1, -0.05) is 53.7 Å². The third-order valence-electron chi connectivity index (χ3n) is 6.31. The number of anilines is 2. The summed E-state index contributed by atoms with van der Waals surface area (Å²) in [4.78, 5) is 19.6. The molecule has 0 saturated carbocycles. The van der Waals surface area contributed by atoms with Crippen LogP contribution in [0.2, 0.25) is 0 Å². The highest BCUT2D eigenvalue weighted by molar-refractivity contribution is 7.14. The van der Waals surface area contributed by atoms with Crippen LogP contribution in [0.15, 0.2) is 76.6 Å². The molecule has 1 N–H and O–H groups in total. The van der Waals surface area contributed by atoms with E-state index >= 15 is 0 Å². The molecule has 1 saturated heterocycles. The number of thiazole rings is 1. The number of hydrogen-bond acceptors (Lipinski definition) is 7. The Morgan fingerprint density at radius 3 is 2.56 bits per heavy atom. The minimum Gasteiger partial charge on any atom is -0.359 e. The quantitative estimate of drug-likeness (QED) is 0.284. The van der Waals surface area contributed by atoms with Gasteiger partial charge in [0.25, 0.3) is 0 Å². The molecular weight excluding hydrogens is 444 g/mol. The van der Waals surface area contributed by atoms with Crippen LogP contribution in [0.25, 0.3) is 11.3 Å². The molecule has 1 aliphatic rings. The van der Waals surface area contributed by atoms with E-state index in [-0.39, 0.29) is 5.78 Å². The van der Waals surface area contributed by atoms with Crippen molar-refractivity contribution in [1.29, 1.82) is 0 Å². The second-order valence-electron chi connectivity index (χ2n) is 8.75. The van der Waals surface area contributed by atoms with Crippen LogP contribution in [0.5, 0.6) is 0 Å². The first-order valence-electron chi connectivity index (χ1n) is 11.8. The normalized spacial score (nSPS) is 14.8. The summed E-state index contributed by atoms with van der Waals surface area (Å²) in [5, 5.41) is 10.1. The van der Waals surface area contributed by atoms with E-state index in [0.717, 1.165) is 66.7 Å². The van der Waals surface area contributed by atoms with Crippen LogP contribution in [-0.2, 0) is 6.54 Å². The fourth-order valence-corrected chi connectivity index (χ4v) is 5.09. The van der Waals surface area contributed by atoms with E-state index in [1.165, 1.54) is 11.3 Å². The van der Waals surface area contributed by atoms with E-state index in [9.17, 15) is 4.79 Å². The highest BCUT2D eigenvalue weighted by Crippen LogP contribution is 2.26. The minimum absolute atomic E-state index is 0.134. The molecule has 34 heavy (non-hydrogen) atoms. The van der Waals surface area contributed by atoms with Crippen molar-refractivity contribution >= 4 is 27.9 Å². The maximum atomic E-state index is 12.7. The number of piperidine rings is 1. The van der Waals surface area contributed by atoms with Crippen molar-refractivity contribution in [3.05, 3.63) is 83.6 Å². The number of benzene rings is 2. The van der Waals surface area contributed by atoms with Crippen molar-refractivity contribution < 1.29 is 9.32 Å². The van der Waals surface area contributed by atoms with Crippen LogP contribution in [0.4, 0.5) is 10.8 Å². The largest absolute Gasteiger partial charge is 0.359 e. The average Bonchev–Trinajstić information content (AvgIpc) is 3.55. The van der Waals surface area contributed by atoms with Crippen molar-refractivity contribution in [2.75, 3.05) is 18.4 Å². The van der Waals surface area contributed by atoms with Crippen LogP contribution >= 0.6 is 11.3 Å². The summed E-state index contributed by atoms with van der Waals surface area (Å²) in [6.45, 7) is 2.81. The average molecular weight is 473 g/mol. The number of carbonyl (C=O) groups excluding carboxylic acids is 1. The van der Waals surface area contributed by atoms with Crippen molar-refractivity contribution in [2.24, 2.45) is 5.92 Å². The van der Waals surface area contributed by atoms with Gasteiger partial charge < -0.3 is 9.84 Å². The summed E-state index contributed by atoms with van der Waals surface area (Å²) in [6, 6.07) is 22.0. The zero-order valence-electron chi connectivity index (χ0n) is 19.0. The lowest BCUT2D eigenvalue weighted by Crippen LogP contribution is -2.33. The number of likely N-dealkylation sites (tertiary alicyclic amines) is 1. The van der Waals surface area contributed by atoms with Crippen LogP contribution in [0.3, 0.4) is 0 Å². The van der Waals surface area contributed by atoms with E-state index in [0.29, 0.717) is 18.0 Å². The summed E-state index contributed by atoms with van der Waals surface area (Å²) in [6.07, 6.45) is 3.68. The maximum Gasteiger partial charge on any atom is 0.187 e. The summed E-state index contributed by atoms with van der Waals surface area (Å²) in [5.74, 6) is 1.61. The molecule has 3 heterocycles. The van der Waals surface area contributed by atoms with Gasteiger partial charge in [-0.2, -0.15) is 0 Å². The number of nitrogens with zero attached hydrogens (tertiary/aromatic N) is 3. The molecule has 0 unspecified atom stereocenters. The van der Waals surface area contributed by atoms with Crippen LogP contribution < -0.4 is 5.32 Å². The molecular formula is C27H28N4O2S. The second kappa shape index (κ2) is 10.8. The number of para-hydroxylation sites is 1. The molecule has 7 heteroatoms. The summed E-state index contributed by atoms with van der Waals surface area (Å²) >= 11 is 1.47. The number of aromatic nitrogens is 2. The van der Waals surface area contributed by atoms with Crippen molar-refractivity contribution in [1.82, 2.24) is 15.0 Å². The summed E-state index contributed by atoms with van der Waals surface area (Å²) in [5.41, 5.74) is 3.50. The Labute approximate surface area is 203 Å². The number of nitrogens with one attached hydrogen (secondary N) is 1. The van der Waals surface area contributed by atoms with Crippen LogP contribution in [0.1, 0.15) is 41.9 Å². The van der Waals surface area contributed by atoms with Gasteiger partial charge in [0.2, 0.25) is 0 Å². The molecule has 1 fully saturated rings. The molecule has 6 nitrogen and oxygen atoms in total. The molecule has 0 spiro atoms. The standard InChI is InChI=1S/C27H28N4O2S/c32-26(25-19-34-27(29-25)28-22-9-5-2-6-10-22)12-11-20-13-15-31(16-14-20)18-23-17-24(30-33-23)21-7-3-1-4-8-21/h1-10,17,19-20H,11-16,18H2,(H,28,29). The lowest BCUT2D eigenvalue weighted by atomic mass is 9.91. The highest BCUT2D eigenvalue weighted by Gasteiger charge is 2.22. The van der Waals surface area contributed by atoms with Gasteiger partial charge in [-0.3, -0.25) is 9.69 Å². The summed E-state index contributed by atoms with van der Waals surface area (Å²) < 4.78 is 5.57. The number of carbonyl (C=O) groups is 1. The second-order valence-corrected chi connectivity index (χ2v) is 9.61. The first-order chi connectivity index (χ1) is 16.7. The Balaban J connectivity index is 1.05. The smallest absolute Gasteiger partial charge is 0.187 e. The van der Waals surface area contributed by atoms with Gasteiger partial charge >= 0.3 is 0 Å². The lowest BCUT2D eigenvalue weighted by molar-refractivity contribution is 0.0955. The van der Waals surface area contributed by atoms with E-state index in [4.69, 9.17) is 4.52 Å². The fourth-order valence-electron chi connectivity index (χ4n) is 4.35. The van der Waals surface area contributed by atoms with E-state index < -0.39 is 0 Å². The van der Waals surface area contributed by atoms with Gasteiger partial charge in [0.15, 0.2) is 16.7 Å². The van der Waals surface area contributed by atoms with Gasteiger partial charge in [0, 0.05) is 29.1 Å². The van der Waals surface area contributed by atoms with Crippen LogP contribution in [0, 0.1) is 5.92 Å². The third kappa shape index (κ3) is 5.79. The predicted molar refractivity (Wildman–Crippen MR) is 135 cm³/mol. The van der Waals surface area contributed by atoms with E-state index in [1.54, 1.807) is 0 Å². The van der Waals surface area contributed by atoms with Crippen LogP contribution in [-0.4, -0.2) is 33.9 Å². The molecule has 0 radical (unpaired) electrons. The molecule has 0 atom stereocenters.